The molecule has 2 atom stereocenters. The number of fused-ring (bicyclic) bond motifs is 5. The zero-order valence-corrected chi connectivity index (χ0v) is 46.1. The van der Waals surface area contributed by atoms with Crippen LogP contribution in [-0.2, 0) is 16.4 Å². The molecule has 0 saturated heterocycles. The third-order valence-electron chi connectivity index (χ3n) is 14.8. The molecule has 3 aliphatic rings. The third kappa shape index (κ3) is 6.96. The number of benzene rings is 8. The van der Waals surface area contributed by atoms with Gasteiger partial charge in [0, 0.05) is 0 Å². The summed E-state index contributed by atoms with van der Waals surface area (Å²) in [4.78, 5) is 0. The zero-order valence-electron chi connectivity index (χ0n) is 38.7. The van der Waals surface area contributed by atoms with Gasteiger partial charge in [-0.15, -0.1) is 0 Å². The van der Waals surface area contributed by atoms with Gasteiger partial charge in [0.25, 0.3) is 0 Å². The number of hydrogen-bond donors (Lipinski definition) is 0. The van der Waals surface area contributed by atoms with Gasteiger partial charge in [0.15, 0.2) is 0 Å². The molecule has 0 fully saturated rings. The molecule has 1 aliphatic heterocycles. The summed E-state index contributed by atoms with van der Waals surface area (Å²) in [6.07, 6.45) is 5.00. The summed E-state index contributed by atoms with van der Waals surface area (Å²) in [7, 11) is 14.8. The van der Waals surface area contributed by atoms with Crippen molar-refractivity contribution in [3.05, 3.63) is 221 Å². The molecule has 0 aromatic heterocycles. The van der Waals surface area contributed by atoms with E-state index in [4.69, 9.17) is 0 Å². The van der Waals surface area contributed by atoms with E-state index in [1.54, 1.807) is 0 Å². The van der Waals surface area contributed by atoms with Crippen LogP contribution in [0.3, 0.4) is 0 Å². The van der Waals surface area contributed by atoms with Gasteiger partial charge in [-0.2, -0.15) is 0 Å². The number of hydrogen-bond acceptors (Lipinski definition) is 0. The average molecular weight is 1020 g/mol. The summed E-state index contributed by atoms with van der Waals surface area (Å²) in [6, 6.07) is 70.4. The maximum absolute atomic E-state index is 9.64. The van der Waals surface area contributed by atoms with Gasteiger partial charge in [0.1, 0.15) is 0 Å². The van der Waals surface area contributed by atoms with E-state index in [0.29, 0.717) is 0 Å². The van der Waals surface area contributed by atoms with Gasteiger partial charge in [-0.3, -0.25) is 0 Å². The molecule has 2 aliphatic carbocycles. The fourth-order valence-electron chi connectivity index (χ4n) is 12.0. The van der Waals surface area contributed by atoms with E-state index in [1.165, 1.54) is 102 Å². The molecule has 0 bridgehead atoms. The van der Waals surface area contributed by atoms with E-state index in [9.17, 15) is 17.0 Å². The van der Waals surface area contributed by atoms with E-state index >= 15 is 0 Å². The monoisotopic (exact) mass is 1020 g/mol. The Morgan fingerprint density at radius 1 is 0.394 bits per heavy atom. The fraction of sp³-hybridized carbons (Fsp3) is 0.133. The van der Waals surface area contributed by atoms with Crippen LogP contribution in [0.25, 0.3) is 56.7 Å². The van der Waals surface area contributed by atoms with Crippen molar-refractivity contribution in [2.75, 3.05) is 0 Å². The van der Waals surface area contributed by atoms with Gasteiger partial charge in [0.05, 0.1) is 0 Å². The summed E-state index contributed by atoms with van der Waals surface area (Å²) in [5.74, 6) is 0. The van der Waals surface area contributed by atoms with Crippen molar-refractivity contribution in [2.45, 2.75) is 46.5 Å². The molecule has 11 rings (SSSR count). The Morgan fingerprint density at radius 3 is 1.27 bits per heavy atom. The average Bonchev–Trinajstić information content (AvgIpc) is 4.05. The Labute approximate surface area is 404 Å². The predicted octanol–water partition coefficient (Wildman–Crippen LogP) is 13.4. The summed E-state index contributed by atoms with van der Waals surface area (Å²) in [5, 5.41) is 5.83. The Morgan fingerprint density at radius 2 is 0.788 bits per heavy atom. The van der Waals surface area contributed by atoms with Crippen LogP contribution >= 0.6 is 17.0 Å². The standard InChI is InChI=1S/2C24H23Si.C12H9Si.2ClH.Zr/c2*1-25(2,3)24-15-8-7-13-22(24)21-14-9-12-19-16-20(17-23(19)21)18-10-5-4-6-11-18;1-3-7-11-9(5-1)10-6-2-4-8-12(10)13-11;;;/h2*4-17H,1-3H3;1-7H,13H2;2*1H;/q;;;;;+2/p-2. The van der Waals surface area contributed by atoms with Crippen molar-refractivity contribution in [2.24, 2.45) is 0 Å². The van der Waals surface area contributed by atoms with Crippen LogP contribution in [0.1, 0.15) is 40.6 Å². The topological polar surface area (TPSA) is 0 Å². The van der Waals surface area contributed by atoms with Gasteiger partial charge < -0.3 is 0 Å². The minimum absolute atomic E-state index is 0.267. The van der Waals surface area contributed by atoms with E-state index < -0.39 is 42.1 Å². The van der Waals surface area contributed by atoms with E-state index in [2.05, 4.69) is 239 Å². The van der Waals surface area contributed by atoms with Crippen LogP contribution in [0.5, 0.6) is 0 Å². The maximum atomic E-state index is 9.64. The molecule has 8 aromatic rings. The number of rotatable bonds is 9. The molecular weight excluding hydrogens is 967 g/mol. The molecule has 66 heavy (non-hydrogen) atoms. The molecule has 0 nitrogen and oxygen atoms in total. The van der Waals surface area contributed by atoms with Crippen LogP contribution in [0.2, 0.25) is 39.3 Å². The van der Waals surface area contributed by atoms with Gasteiger partial charge in [0.2, 0.25) is 0 Å². The quantitative estimate of drug-likeness (QED) is 0.126. The van der Waals surface area contributed by atoms with Crippen LogP contribution in [0.4, 0.5) is 0 Å². The predicted molar refractivity (Wildman–Crippen MR) is 295 cm³/mol. The molecule has 1 heterocycles. The van der Waals surface area contributed by atoms with E-state index in [-0.39, 0.29) is 7.25 Å². The van der Waals surface area contributed by atoms with Crippen molar-refractivity contribution in [3.63, 3.8) is 0 Å². The van der Waals surface area contributed by atoms with E-state index in [1.807, 2.05) is 0 Å². The van der Waals surface area contributed by atoms with Crippen LogP contribution in [0, 0.1) is 0 Å². The molecule has 325 valence electrons. The van der Waals surface area contributed by atoms with Crippen molar-refractivity contribution in [3.8, 4) is 33.4 Å². The Hall–Kier alpha value is -4.65. The second-order valence-electron chi connectivity index (χ2n) is 20.8. The summed E-state index contributed by atoms with van der Waals surface area (Å²) >= 11 is -5.98. The first-order valence-electron chi connectivity index (χ1n) is 23.5. The Kier molecular flexibility index (Phi) is 10.8. The molecule has 6 heteroatoms. The van der Waals surface area contributed by atoms with Gasteiger partial charge in [-0.1, -0.05) is 0 Å². The molecule has 8 aromatic carbocycles. The van der Waals surface area contributed by atoms with Crippen LogP contribution in [0.15, 0.2) is 188 Å². The molecule has 2 unspecified atom stereocenters. The SMILES string of the molecule is C[Si](C)(C)c1ccccc1-c1cccc2c1C=C(c1ccccc1)[CH]2[Zr]([Cl])([Cl])([c]1cccc2c1[SiH2]c1ccccc1-2)[CH]1C(c2ccccc2)=Cc2c(-c3ccccc3[Si](C)(C)C)cccc21. The van der Waals surface area contributed by atoms with Crippen molar-refractivity contribution in [1.82, 2.24) is 0 Å². The van der Waals surface area contributed by atoms with E-state index in [0.717, 1.165) is 0 Å². The second kappa shape index (κ2) is 16.3. The van der Waals surface area contributed by atoms with Crippen molar-refractivity contribution < 1.29 is 16.4 Å². The normalized spacial score (nSPS) is 17.3. The van der Waals surface area contributed by atoms with Crippen molar-refractivity contribution >= 4 is 90.0 Å². The molecule has 0 amide bonds. The molecule has 0 saturated carbocycles. The van der Waals surface area contributed by atoms with Crippen molar-refractivity contribution in [1.29, 1.82) is 0 Å². The first-order chi connectivity index (χ1) is 31.7. The summed E-state index contributed by atoms with van der Waals surface area (Å²) in [5.41, 5.74) is 17.7. The summed E-state index contributed by atoms with van der Waals surface area (Å²) < 4.78 is 0.702. The summed E-state index contributed by atoms with van der Waals surface area (Å²) in [6.45, 7) is 14.8. The van der Waals surface area contributed by atoms with Crippen LogP contribution in [-0.4, -0.2) is 25.7 Å². The molecule has 0 spiro atoms. The minimum atomic E-state index is -5.98. The zero-order chi connectivity index (χ0) is 45.6. The fourth-order valence-corrected chi connectivity index (χ4v) is 42.3. The third-order valence-corrected chi connectivity index (χ3v) is 41.4. The number of halogens is 2. The molecule has 0 N–H and O–H groups in total. The van der Waals surface area contributed by atoms with Gasteiger partial charge >= 0.3 is 408 Å². The van der Waals surface area contributed by atoms with Crippen LogP contribution < -0.4 is 24.0 Å². The molecular formula is C60H55Cl2Si3Zr. The number of allylic oxidation sites excluding steroid dienone is 2. The second-order valence-corrected chi connectivity index (χ2v) is 53.3. The Bertz CT molecular complexity index is 3130. The Balaban J connectivity index is 1.27. The molecule has 0 radical (unpaired) electrons. The first kappa shape index (κ1) is 43.9. The first-order valence-corrected chi connectivity index (χ1v) is 42.3. The van der Waals surface area contributed by atoms with Gasteiger partial charge in [-0.25, -0.2) is 0 Å². The van der Waals surface area contributed by atoms with Gasteiger partial charge in [-0.05, 0) is 0 Å².